The van der Waals surface area contributed by atoms with Crippen molar-refractivity contribution in [3.8, 4) is 5.69 Å². The standard InChI is InChI=1S/C12H14BrN5O/c13-8-4-3-7-12(19)15-10-5-1-2-6-11(10)18-9-14-16-17-18/h1-2,5-6,9H,3-4,7-8H2,(H,15,19). The van der Waals surface area contributed by atoms with Gasteiger partial charge >= 0.3 is 0 Å². The summed E-state index contributed by atoms with van der Waals surface area (Å²) in [4.78, 5) is 11.8. The number of amides is 1. The molecule has 0 spiro atoms. The van der Waals surface area contributed by atoms with Crippen molar-refractivity contribution >= 4 is 27.5 Å². The lowest BCUT2D eigenvalue weighted by molar-refractivity contribution is -0.116. The SMILES string of the molecule is O=C(CCCCBr)Nc1ccccc1-n1cnnn1. The Morgan fingerprint density at radius 3 is 2.89 bits per heavy atom. The lowest BCUT2D eigenvalue weighted by atomic mass is 10.2. The Bertz CT molecular complexity index is 529. The number of anilines is 1. The van der Waals surface area contributed by atoms with Gasteiger partial charge in [0.25, 0.3) is 0 Å². The van der Waals surface area contributed by atoms with Crippen LogP contribution >= 0.6 is 15.9 Å². The maximum Gasteiger partial charge on any atom is 0.224 e. The van der Waals surface area contributed by atoms with E-state index >= 15 is 0 Å². The van der Waals surface area contributed by atoms with Crippen molar-refractivity contribution in [2.75, 3.05) is 10.6 Å². The monoisotopic (exact) mass is 323 g/mol. The van der Waals surface area contributed by atoms with Crippen molar-refractivity contribution in [2.24, 2.45) is 0 Å². The number of halogens is 1. The van der Waals surface area contributed by atoms with Gasteiger partial charge < -0.3 is 5.32 Å². The van der Waals surface area contributed by atoms with Crippen LogP contribution < -0.4 is 5.32 Å². The Hall–Kier alpha value is -1.76. The topological polar surface area (TPSA) is 72.7 Å². The predicted molar refractivity (Wildman–Crippen MR) is 75.4 cm³/mol. The van der Waals surface area contributed by atoms with Crippen LogP contribution in [0.25, 0.3) is 5.69 Å². The van der Waals surface area contributed by atoms with E-state index in [2.05, 4.69) is 36.8 Å². The first-order valence-electron chi connectivity index (χ1n) is 5.99. The Kier molecular flexibility index (Phi) is 5.02. The highest BCUT2D eigenvalue weighted by atomic mass is 79.9. The molecule has 2 rings (SSSR count). The number of para-hydroxylation sites is 2. The number of rotatable bonds is 6. The van der Waals surface area contributed by atoms with Gasteiger partial charge in [0.2, 0.25) is 5.91 Å². The summed E-state index contributed by atoms with van der Waals surface area (Å²) in [6, 6.07) is 7.42. The molecule has 0 saturated carbocycles. The van der Waals surface area contributed by atoms with Crippen molar-refractivity contribution < 1.29 is 4.79 Å². The number of aromatic nitrogens is 4. The molecule has 7 heteroatoms. The van der Waals surface area contributed by atoms with Gasteiger partial charge in [-0.05, 0) is 35.4 Å². The molecular weight excluding hydrogens is 310 g/mol. The molecule has 1 amide bonds. The van der Waals surface area contributed by atoms with Crippen LogP contribution in [0, 0.1) is 0 Å². The number of unbranched alkanes of at least 4 members (excludes halogenated alkanes) is 1. The maximum absolute atomic E-state index is 11.8. The molecule has 2 aromatic rings. The molecule has 0 radical (unpaired) electrons. The molecule has 0 aliphatic carbocycles. The number of hydrogen-bond acceptors (Lipinski definition) is 4. The number of alkyl halides is 1. The van der Waals surface area contributed by atoms with E-state index in [4.69, 9.17) is 0 Å². The highest BCUT2D eigenvalue weighted by molar-refractivity contribution is 9.09. The van der Waals surface area contributed by atoms with Gasteiger partial charge in [-0.1, -0.05) is 28.1 Å². The van der Waals surface area contributed by atoms with Gasteiger partial charge in [0, 0.05) is 11.8 Å². The molecule has 1 heterocycles. The summed E-state index contributed by atoms with van der Waals surface area (Å²) in [5, 5.41) is 14.8. The van der Waals surface area contributed by atoms with Crippen molar-refractivity contribution in [3.05, 3.63) is 30.6 Å². The molecule has 19 heavy (non-hydrogen) atoms. The Morgan fingerprint density at radius 1 is 1.32 bits per heavy atom. The summed E-state index contributed by atoms with van der Waals surface area (Å²) in [7, 11) is 0. The van der Waals surface area contributed by atoms with E-state index < -0.39 is 0 Å². The van der Waals surface area contributed by atoms with Crippen LogP contribution in [0.15, 0.2) is 30.6 Å². The molecule has 0 aliphatic heterocycles. The second kappa shape index (κ2) is 6.98. The average Bonchev–Trinajstić information content (AvgIpc) is 2.93. The maximum atomic E-state index is 11.8. The summed E-state index contributed by atoms with van der Waals surface area (Å²) in [5.74, 6) is 0.00137. The summed E-state index contributed by atoms with van der Waals surface area (Å²) >= 11 is 3.35. The van der Waals surface area contributed by atoms with Gasteiger partial charge in [-0.2, -0.15) is 4.68 Å². The van der Waals surface area contributed by atoms with Gasteiger partial charge in [0.05, 0.1) is 11.4 Å². The number of nitrogens with one attached hydrogen (secondary N) is 1. The van der Waals surface area contributed by atoms with E-state index in [-0.39, 0.29) is 5.91 Å². The first-order chi connectivity index (χ1) is 9.31. The third-order valence-electron chi connectivity index (χ3n) is 2.56. The van der Waals surface area contributed by atoms with Gasteiger partial charge in [-0.3, -0.25) is 4.79 Å². The van der Waals surface area contributed by atoms with Gasteiger partial charge in [0.1, 0.15) is 6.33 Å². The quantitative estimate of drug-likeness (QED) is 0.653. The zero-order valence-corrected chi connectivity index (χ0v) is 11.9. The van der Waals surface area contributed by atoms with E-state index in [1.807, 2.05) is 24.3 Å². The van der Waals surface area contributed by atoms with E-state index in [1.165, 1.54) is 11.0 Å². The number of carbonyl (C=O) groups is 1. The van der Waals surface area contributed by atoms with E-state index in [1.54, 1.807) is 0 Å². The zero-order chi connectivity index (χ0) is 13.5. The largest absolute Gasteiger partial charge is 0.324 e. The van der Waals surface area contributed by atoms with Gasteiger partial charge in [0.15, 0.2) is 0 Å². The highest BCUT2D eigenvalue weighted by Crippen LogP contribution is 2.18. The van der Waals surface area contributed by atoms with Crippen LogP contribution in [0.3, 0.4) is 0 Å². The first-order valence-corrected chi connectivity index (χ1v) is 7.11. The normalized spacial score (nSPS) is 10.4. The molecule has 1 N–H and O–H groups in total. The van der Waals surface area contributed by atoms with Gasteiger partial charge in [-0.15, -0.1) is 5.10 Å². The molecule has 0 saturated heterocycles. The van der Waals surface area contributed by atoms with Crippen molar-refractivity contribution in [2.45, 2.75) is 19.3 Å². The lowest BCUT2D eigenvalue weighted by Crippen LogP contribution is -2.13. The number of benzene rings is 1. The van der Waals surface area contributed by atoms with Crippen molar-refractivity contribution in [3.63, 3.8) is 0 Å². The molecular formula is C12H14BrN5O. The van der Waals surface area contributed by atoms with E-state index in [9.17, 15) is 4.79 Å². The summed E-state index contributed by atoms with van der Waals surface area (Å²) < 4.78 is 1.52. The van der Waals surface area contributed by atoms with Crippen LogP contribution in [-0.4, -0.2) is 31.4 Å². The molecule has 100 valence electrons. The second-order valence-corrected chi connectivity index (χ2v) is 4.76. The van der Waals surface area contributed by atoms with Crippen molar-refractivity contribution in [1.82, 2.24) is 20.2 Å². The minimum Gasteiger partial charge on any atom is -0.324 e. The number of nitrogens with zero attached hydrogens (tertiary/aromatic N) is 4. The molecule has 1 aromatic carbocycles. The average molecular weight is 324 g/mol. The lowest BCUT2D eigenvalue weighted by Gasteiger charge is -2.09. The molecule has 0 fully saturated rings. The number of carbonyl (C=O) groups excluding carboxylic acids is 1. The fraction of sp³-hybridized carbons (Fsp3) is 0.333. The Morgan fingerprint density at radius 2 is 2.16 bits per heavy atom. The van der Waals surface area contributed by atoms with Gasteiger partial charge in [-0.25, -0.2) is 0 Å². The predicted octanol–water partition coefficient (Wildman–Crippen LogP) is 2.17. The van der Waals surface area contributed by atoms with Crippen LogP contribution in [-0.2, 0) is 4.79 Å². The fourth-order valence-corrected chi connectivity index (χ4v) is 2.04. The van der Waals surface area contributed by atoms with Crippen LogP contribution in [0.1, 0.15) is 19.3 Å². The first kappa shape index (κ1) is 13.7. The molecule has 6 nitrogen and oxygen atoms in total. The molecule has 0 unspecified atom stereocenters. The summed E-state index contributed by atoms with van der Waals surface area (Å²) in [5.41, 5.74) is 1.46. The zero-order valence-electron chi connectivity index (χ0n) is 10.3. The van der Waals surface area contributed by atoms with E-state index in [0.29, 0.717) is 12.1 Å². The molecule has 0 bridgehead atoms. The molecule has 0 aliphatic rings. The van der Waals surface area contributed by atoms with Crippen LogP contribution in [0.5, 0.6) is 0 Å². The Balaban J connectivity index is 2.06. The molecule has 0 atom stereocenters. The number of hydrogen-bond donors (Lipinski definition) is 1. The van der Waals surface area contributed by atoms with Crippen molar-refractivity contribution in [1.29, 1.82) is 0 Å². The summed E-state index contributed by atoms with van der Waals surface area (Å²) in [6.45, 7) is 0. The second-order valence-electron chi connectivity index (χ2n) is 3.97. The van der Waals surface area contributed by atoms with Crippen LogP contribution in [0.2, 0.25) is 0 Å². The Labute approximate surface area is 119 Å². The third-order valence-corrected chi connectivity index (χ3v) is 3.12. The smallest absolute Gasteiger partial charge is 0.224 e. The van der Waals surface area contributed by atoms with Crippen LogP contribution in [0.4, 0.5) is 5.69 Å². The summed E-state index contributed by atoms with van der Waals surface area (Å²) in [6.07, 6.45) is 3.86. The minimum absolute atomic E-state index is 0.00137. The molecule has 1 aromatic heterocycles. The highest BCUT2D eigenvalue weighted by Gasteiger charge is 2.08. The van der Waals surface area contributed by atoms with E-state index in [0.717, 1.165) is 23.9 Å². The third kappa shape index (κ3) is 3.85. The fourth-order valence-electron chi connectivity index (χ4n) is 1.64. The minimum atomic E-state index is 0.00137. The number of tetrazole rings is 1.